The third kappa shape index (κ3) is 3.19. The number of amides is 1. The van der Waals surface area contributed by atoms with Crippen LogP contribution in [0, 0.1) is 0 Å². The minimum absolute atomic E-state index is 0. The molecular formula is C14H19ClN4O3S. The van der Waals surface area contributed by atoms with Crippen molar-refractivity contribution in [2.75, 3.05) is 24.7 Å². The number of halogens is 1. The molecule has 1 aromatic carbocycles. The maximum Gasteiger partial charge on any atom is 0.245 e. The molecular weight excluding hydrogens is 340 g/mol. The van der Waals surface area contributed by atoms with Gasteiger partial charge in [0.15, 0.2) is 14.6 Å². The van der Waals surface area contributed by atoms with Crippen LogP contribution in [0.25, 0.3) is 10.9 Å². The van der Waals surface area contributed by atoms with Gasteiger partial charge in [0.25, 0.3) is 0 Å². The number of piperidine rings is 1. The van der Waals surface area contributed by atoms with Crippen molar-refractivity contribution in [3.8, 4) is 0 Å². The maximum atomic E-state index is 12.7. The summed E-state index contributed by atoms with van der Waals surface area (Å²) >= 11 is 0. The summed E-state index contributed by atoms with van der Waals surface area (Å²) in [5.41, 5.74) is 1.43. The van der Waals surface area contributed by atoms with Gasteiger partial charge in [0, 0.05) is 17.3 Å². The minimum Gasteiger partial charge on any atom is -0.325 e. The van der Waals surface area contributed by atoms with Crippen LogP contribution in [0.2, 0.25) is 0 Å². The summed E-state index contributed by atoms with van der Waals surface area (Å²) in [6, 6.07) is 5.30. The van der Waals surface area contributed by atoms with E-state index in [0.717, 1.165) is 17.2 Å². The minimum atomic E-state index is -3.51. The second-order valence-electron chi connectivity index (χ2n) is 5.64. The van der Waals surface area contributed by atoms with Gasteiger partial charge < -0.3 is 10.6 Å². The van der Waals surface area contributed by atoms with Gasteiger partial charge in [0.2, 0.25) is 5.91 Å². The topological polar surface area (TPSA) is 104 Å². The van der Waals surface area contributed by atoms with Crippen LogP contribution in [-0.2, 0) is 14.6 Å². The molecule has 0 atom stereocenters. The Morgan fingerprint density at radius 3 is 2.65 bits per heavy atom. The van der Waals surface area contributed by atoms with E-state index in [-0.39, 0.29) is 25.2 Å². The summed E-state index contributed by atoms with van der Waals surface area (Å²) < 4.78 is 23.1. The molecule has 1 aromatic heterocycles. The molecule has 1 amide bonds. The number of fused-ring (bicyclic) bond motifs is 1. The highest BCUT2D eigenvalue weighted by Gasteiger charge is 2.48. The maximum absolute atomic E-state index is 12.7. The summed E-state index contributed by atoms with van der Waals surface area (Å²) in [6.07, 6.45) is 3.36. The van der Waals surface area contributed by atoms with E-state index in [2.05, 4.69) is 20.8 Å². The molecule has 1 aliphatic heterocycles. The predicted molar refractivity (Wildman–Crippen MR) is 91.6 cm³/mol. The van der Waals surface area contributed by atoms with Crippen molar-refractivity contribution < 1.29 is 13.2 Å². The van der Waals surface area contributed by atoms with Gasteiger partial charge in [-0.1, -0.05) is 0 Å². The molecule has 1 aliphatic rings. The van der Waals surface area contributed by atoms with Crippen LogP contribution >= 0.6 is 12.4 Å². The Morgan fingerprint density at radius 2 is 2.00 bits per heavy atom. The van der Waals surface area contributed by atoms with Gasteiger partial charge in [-0.05, 0) is 44.1 Å². The molecule has 1 fully saturated rings. The lowest BCUT2D eigenvalue weighted by atomic mass is 9.95. The number of carbonyl (C=O) groups excluding carboxylic acids is 1. The fourth-order valence-electron chi connectivity index (χ4n) is 2.86. The molecule has 126 valence electrons. The monoisotopic (exact) mass is 358 g/mol. The zero-order chi connectivity index (χ0) is 15.8. The summed E-state index contributed by atoms with van der Waals surface area (Å²) in [7, 11) is -3.51. The van der Waals surface area contributed by atoms with Crippen LogP contribution in [-0.4, -0.2) is 48.6 Å². The number of nitrogens with one attached hydrogen (secondary N) is 3. The van der Waals surface area contributed by atoms with E-state index >= 15 is 0 Å². The molecule has 0 bridgehead atoms. The van der Waals surface area contributed by atoms with E-state index in [0.29, 0.717) is 18.8 Å². The number of benzene rings is 1. The second-order valence-corrected chi connectivity index (χ2v) is 7.97. The Kier molecular flexibility index (Phi) is 4.98. The number of aromatic nitrogens is 2. The van der Waals surface area contributed by atoms with Crippen molar-refractivity contribution in [3.63, 3.8) is 0 Å². The van der Waals surface area contributed by atoms with E-state index in [4.69, 9.17) is 0 Å². The molecule has 3 rings (SSSR count). The van der Waals surface area contributed by atoms with Crippen molar-refractivity contribution in [2.45, 2.75) is 17.6 Å². The number of anilines is 1. The first-order chi connectivity index (χ1) is 10.4. The van der Waals surface area contributed by atoms with Crippen LogP contribution in [0.4, 0.5) is 5.69 Å². The molecule has 0 radical (unpaired) electrons. The number of hydrogen-bond acceptors (Lipinski definition) is 5. The van der Waals surface area contributed by atoms with Crippen molar-refractivity contribution >= 4 is 44.7 Å². The lowest BCUT2D eigenvalue weighted by Gasteiger charge is -2.34. The standard InChI is InChI=1S/C14H18N4O3S.ClH/c1-22(20,21)14(4-6-15-7-5-14)13(19)17-11-2-3-12-10(8-11)9-16-18-12;/h2-3,8-9,15H,4-7H2,1H3,(H,16,18)(H,17,19);1H. The number of H-pyrrole nitrogens is 1. The lowest BCUT2D eigenvalue weighted by molar-refractivity contribution is -0.119. The largest absolute Gasteiger partial charge is 0.325 e. The Hall–Kier alpha value is -1.64. The van der Waals surface area contributed by atoms with E-state index in [1.54, 1.807) is 24.4 Å². The van der Waals surface area contributed by atoms with E-state index in [1.165, 1.54) is 0 Å². The molecule has 9 heteroatoms. The molecule has 7 nitrogen and oxygen atoms in total. The Bertz CT molecular complexity index is 812. The number of aromatic amines is 1. The van der Waals surface area contributed by atoms with E-state index in [1.807, 2.05) is 0 Å². The van der Waals surface area contributed by atoms with Crippen LogP contribution in [0.3, 0.4) is 0 Å². The molecule has 0 aliphatic carbocycles. The average Bonchev–Trinajstić information content (AvgIpc) is 2.94. The Labute approximate surface area is 140 Å². The summed E-state index contributed by atoms with van der Waals surface area (Å²) in [6.45, 7) is 1.03. The van der Waals surface area contributed by atoms with Crippen molar-refractivity contribution in [3.05, 3.63) is 24.4 Å². The molecule has 0 unspecified atom stereocenters. The van der Waals surface area contributed by atoms with Gasteiger partial charge in [-0.2, -0.15) is 5.10 Å². The van der Waals surface area contributed by atoms with Crippen molar-refractivity contribution in [1.29, 1.82) is 0 Å². The first kappa shape index (κ1) is 17.7. The number of carbonyl (C=O) groups is 1. The molecule has 23 heavy (non-hydrogen) atoms. The van der Waals surface area contributed by atoms with E-state index < -0.39 is 20.5 Å². The highest BCUT2D eigenvalue weighted by Crippen LogP contribution is 2.29. The normalized spacial score (nSPS) is 17.4. The third-order valence-corrected chi connectivity index (χ3v) is 6.25. The molecule has 1 saturated heterocycles. The third-order valence-electron chi connectivity index (χ3n) is 4.23. The van der Waals surface area contributed by atoms with Crippen LogP contribution in [0.5, 0.6) is 0 Å². The van der Waals surface area contributed by atoms with Gasteiger partial charge in [0.1, 0.15) is 0 Å². The zero-order valence-electron chi connectivity index (χ0n) is 12.6. The van der Waals surface area contributed by atoms with Gasteiger partial charge in [-0.15, -0.1) is 12.4 Å². The van der Waals surface area contributed by atoms with Crippen LogP contribution in [0.15, 0.2) is 24.4 Å². The fraction of sp³-hybridized carbons (Fsp3) is 0.429. The highest BCUT2D eigenvalue weighted by atomic mass is 35.5. The number of nitrogens with zero attached hydrogens (tertiary/aromatic N) is 1. The van der Waals surface area contributed by atoms with Gasteiger partial charge in [-0.25, -0.2) is 8.42 Å². The number of sulfone groups is 1. The second kappa shape index (κ2) is 6.46. The van der Waals surface area contributed by atoms with Gasteiger partial charge in [-0.3, -0.25) is 9.89 Å². The highest BCUT2D eigenvalue weighted by molar-refractivity contribution is 7.92. The summed E-state index contributed by atoms with van der Waals surface area (Å²) in [5, 5.41) is 13.5. The average molecular weight is 359 g/mol. The molecule has 3 N–H and O–H groups in total. The molecule has 0 saturated carbocycles. The molecule has 0 spiro atoms. The first-order valence-electron chi connectivity index (χ1n) is 7.07. The van der Waals surface area contributed by atoms with Gasteiger partial charge in [0.05, 0.1) is 11.7 Å². The SMILES string of the molecule is CS(=O)(=O)C1(C(=O)Nc2ccc3[nH]ncc3c2)CCNCC1.Cl. The summed E-state index contributed by atoms with van der Waals surface area (Å²) in [4.78, 5) is 12.7. The molecule has 2 aromatic rings. The Balaban J connectivity index is 0.00000192. The lowest BCUT2D eigenvalue weighted by Crippen LogP contribution is -2.55. The first-order valence-corrected chi connectivity index (χ1v) is 8.96. The van der Waals surface area contributed by atoms with Crippen LogP contribution in [0.1, 0.15) is 12.8 Å². The smallest absolute Gasteiger partial charge is 0.245 e. The summed E-state index contributed by atoms with van der Waals surface area (Å²) in [5.74, 6) is -0.459. The van der Waals surface area contributed by atoms with Crippen molar-refractivity contribution in [1.82, 2.24) is 15.5 Å². The van der Waals surface area contributed by atoms with Gasteiger partial charge >= 0.3 is 0 Å². The predicted octanol–water partition coefficient (Wildman–Crippen LogP) is 1.09. The molecule has 2 heterocycles. The quantitative estimate of drug-likeness (QED) is 0.762. The van der Waals surface area contributed by atoms with E-state index in [9.17, 15) is 13.2 Å². The number of rotatable bonds is 3. The fourth-order valence-corrected chi connectivity index (χ4v) is 4.20. The van der Waals surface area contributed by atoms with Crippen LogP contribution < -0.4 is 10.6 Å². The number of hydrogen-bond donors (Lipinski definition) is 3. The van der Waals surface area contributed by atoms with Crippen molar-refractivity contribution in [2.24, 2.45) is 0 Å². The zero-order valence-corrected chi connectivity index (χ0v) is 14.3. The Morgan fingerprint density at radius 1 is 1.30 bits per heavy atom.